The SMILES string of the molecule is CCCC/C=C\CCCCCCCC(=O)OCC(COC(=O)CCCCCCCCCCCCCCCCCCCCCCCCCCCCCC)OC(=O)CCCCCCCCCCC/C=C\CCCCCCCC. The van der Waals surface area contributed by atoms with Gasteiger partial charge in [0.25, 0.3) is 0 Å². The summed E-state index contributed by atoms with van der Waals surface area (Å²) in [4.78, 5) is 38.3. The van der Waals surface area contributed by atoms with Crippen molar-refractivity contribution >= 4 is 17.9 Å². The number of hydrogen-bond donors (Lipinski definition) is 0. The quantitative estimate of drug-likeness (QED) is 0.0261. The Kier molecular flexibility index (Phi) is 63.6. The topological polar surface area (TPSA) is 78.9 Å². The van der Waals surface area contributed by atoms with Gasteiger partial charge in [-0.3, -0.25) is 14.4 Å². The van der Waals surface area contributed by atoms with Gasteiger partial charge in [0.05, 0.1) is 0 Å². The average Bonchev–Trinajstić information content (AvgIpc) is 3.42. The normalized spacial score (nSPS) is 12.1. The Morgan fingerprint density at radius 2 is 0.447 bits per heavy atom. The van der Waals surface area contributed by atoms with E-state index in [1.54, 1.807) is 0 Å². The summed E-state index contributed by atoms with van der Waals surface area (Å²) >= 11 is 0. The molecule has 6 heteroatoms. The number of carbonyl (C=O) groups is 3. The molecule has 0 aliphatic carbocycles. The molecule has 0 fully saturated rings. The Hall–Kier alpha value is -2.11. The monoisotopic (exact) mass is 1070 g/mol. The minimum atomic E-state index is -0.773. The molecule has 0 aliphatic rings. The van der Waals surface area contributed by atoms with Gasteiger partial charge in [-0.2, -0.15) is 0 Å². The fraction of sp³-hybridized carbons (Fsp3) is 0.900. The van der Waals surface area contributed by atoms with Gasteiger partial charge in [0.2, 0.25) is 0 Å². The molecule has 0 saturated carbocycles. The van der Waals surface area contributed by atoms with E-state index in [1.165, 1.54) is 283 Å². The van der Waals surface area contributed by atoms with E-state index in [9.17, 15) is 14.4 Å². The molecule has 0 amide bonds. The summed E-state index contributed by atoms with van der Waals surface area (Å²) in [5.74, 6) is -0.855. The molecule has 76 heavy (non-hydrogen) atoms. The lowest BCUT2D eigenvalue weighted by molar-refractivity contribution is -0.167. The number of hydrogen-bond acceptors (Lipinski definition) is 6. The fourth-order valence-electron chi connectivity index (χ4n) is 10.5. The van der Waals surface area contributed by atoms with E-state index in [0.717, 1.165) is 64.2 Å². The highest BCUT2D eigenvalue weighted by Gasteiger charge is 2.19. The summed E-state index contributed by atoms with van der Waals surface area (Å²) in [5.41, 5.74) is 0. The average molecular weight is 1070 g/mol. The van der Waals surface area contributed by atoms with Crippen LogP contribution in [-0.2, 0) is 28.6 Å². The molecule has 0 N–H and O–H groups in total. The van der Waals surface area contributed by atoms with Crippen LogP contribution in [0.25, 0.3) is 0 Å². The van der Waals surface area contributed by atoms with Crippen LogP contribution in [0.1, 0.15) is 387 Å². The number of esters is 3. The smallest absolute Gasteiger partial charge is 0.306 e. The first-order valence-corrected chi connectivity index (χ1v) is 34.3. The summed E-state index contributed by atoms with van der Waals surface area (Å²) in [6.45, 7) is 6.66. The maximum absolute atomic E-state index is 12.9. The van der Waals surface area contributed by atoms with Crippen molar-refractivity contribution in [3.63, 3.8) is 0 Å². The lowest BCUT2D eigenvalue weighted by atomic mass is 10.0. The van der Waals surface area contributed by atoms with Gasteiger partial charge in [0, 0.05) is 19.3 Å². The number of carbonyl (C=O) groups excluding carboxylic acids is 3. The van der Waals surface area contributed by atoms with E-state index in [2.05, 4.69) is 45.1 Å². The van der Waals surface area contributed by atoms with Crippen LogP contribution in [0.3, 0.4) is 0 Å². The molecule has 6 nitrogen and oxygen atoms in total. The Balaban J connectivity index is 4.14. The number of rotatable bonds is 64. The van der Waals surface area contributed by atoms with Crippen molar-refractivity contribution in [3.05, 3.63) is 24.3 Å². The fourth-order valence-corrected chi connectivity index (χ4v) is 10.5. The molecule has 0 bridgehead atoms. The highest BCUT2D eigenvalue weighted by molar-refractivity contribution is 5.71. The molecule has 0 radical (unpaired) electrons. The summed E-state index contributed by atoms with van der Waals surface area (Å²) in [5, 5.41) is 0. The van der Waals surface area contributed by atoms with E-state index in [-0.39, 0.29) is 31.1 Å². The van der Waals surface area contributed by atoms with E-state index >= 15 is 0 Å². The number of ether oxygens (including phenoxy) is 3. The van der Waals surface area contributed by atoms with Crippen molar-refractivity contribution in [3.8, 4) is 0 Å². The van der Waals surface area contributed by atoms with Crippen LogP contribution in [-0.4, -0.2) is 37.2 Å². The molecule has 0 heterocycles. The zero-order chi connectivity index (χ0) is 55.0. The zero-order valence-electron chi connectivity index (χ0n) is 51.6. The predicted octanol–water partition coefficient (Wildman–Crippen LogP) is 23.4. The summed E-state index contributed by atoms with van der Waals surface area (Å²) in [6.07, 6.45) is 79.3. The first kappa shape index (κ1) is 73.9. The van der Waals surface area contributed by atoms with Gasteiger partial charge in [0.15, 0.2) is 6.10 Å². The largest absolute Gasteiger partial charge is 0.462 e. The van der Waals surface area contributed by atoms with Crippen LogP contribution in [0.4, 0.5) is 0 Å². The molecule has 0 spiro atoms. The first-order valence-electron chi connectivity index (χ1n) is 34.3. The van der Waals surface area contributed by atoms with Gasteiger partial charge in [-0.15, -0.1) is 0 Å². The second-order valence-corrected chi connectivity index (χ2v) is 23.4. The summed E-state index contributed by atoms with van der Waals surface area (Å²) < 4.78 is 16.9. The van der Waals surface area contributed by atoms with Crippen molar-refractivity contribution < 1.29 is 28.6 Å². The van der Waals surface area contributed by atoms with Crippen molar-refractivity contribution in [2.45, 2.75) is 393 Å². The first-order chi connectivity index (χ1) is 37.5. The molecule has 0 rings (SSSR count). The molecular formula is C70H132O6. The van der Waals surface area contributed by atoms with Gasteiger partial charge < -0.3 is 14.2 Å². The minimum Gasteiger partial charge on any atom is -0.462 e. The lowest BCUT2D eigenvalue weighted by Crippen LogP contribution is -2.30. The Bertz CT molecular complexity index is 1230. The molecule has 0 aromatic carbocycles. The van der Waals surface area contributed by atoms with E-state index < -0.39 is 6.10 Å². The van der Waals surface area contributed by atoms with Crippen LogP contribution >= 0.6 is 0 Å². The van der Waals surface area contributed by atoms with Crippen molar-refractivity contribution in [1.82, 2.24) is 0 Å². The van der Waals surface area contributed by atoms with E-state index in [4.69, 9.17) is 14.2 Å². The van der Waals surface area contributed by atoms with Crippen LogP contribution in [0, 0.1) is 0 Å². The summed E-state index contributed by atoms with van der Waals surface area (Å²) in [6, 6.07) is 0. The van der Waals surface area contributed by atoms with Gasteiger partial charge in [-0.1, -0.05) is 328 Å². The van der Waals surface area contributed by atoms with Crippen LogP contribution in [0.2, 0.25) is 0 Å². The van der Waals surface area contributed by atoms with Crippen LogP contribution in [0.15, 0.2) is 24.3 Å². The van der Waals surface area contributed by atoms with Crippen LogP contribution in [0.5, 0.6) is 0 Å². The Morgan fingerprint density at radius 3 is 0.697 bits per heavy atom. The summed E-state index contributed by atoms with van der Waals surface area (Å²) in [7, 11) is 0. The van der Waals surface area contributed by atoms with Gasteiger partial charge in [-0.05, 0) is 64.2 Å². The number of unbranched alkanes of at least 4 members (excludes halogenated alkanes) is 49. The third-order valence-corrected chi connectivity index (χ3v) is 15.7. The molecule has 0 aromatic heterocycles. The third-order valence-electron chi connectivity index (χ3n) is 15.7. The molecule has 1 unspecified atom stereocenters. The van der Waals surface area contributed by atoms with Crippen molar-refractivity contribution in [2.24, 2.45) is 0 Å². The molecule has 0 saturated heterocycles. The molecule has 0 aromatic rings. The van der Waals surface area contributed by atoms with Crippen molar-refractivity contribution in [1.29, 1.82) is 0 Å². The van der Waals surface area contributed by atoms with Gasteiger partial charge >= 0.3 is 17.9 Å². The van der Waals surface area contributed by atoms with Gasteiger partial charge in [-0.25, -0.2) is 0 Å². The lowest BCUT2D eigenvalue weighted by Gasteiger charge is -2.18. The van der Waals surface area contributed by atoms with E-state index in [1.807, 2.05) is 0 Å². The number of allylic oxidation sites excluding steroid dienone is 4. The minimum absolute atomic E-state index is 0.0697. The second kappa shape index (κ2) is 65.4. The molecule has 448 valence electrons. The van der Waals surface area contributed by atoms with Crippen molar-refractivity contribution in [2.75, 3.05) is 13.2 Å². The second-order valence-electron chi connectivity index (χ2n) is 23.4. The molecule has 1 atom stereocenters. The standard InChI is InChI=1S/C70H132O6/c1-4-7-10-13-16-19-22-24-26-28-30-31-32-33-34-35-36-37-38-40-41-43-45-48-51-54-57-60-63-69(72)75-66-67(65-74-68(71)62-59-56-53-50-47-21-18-15-12-9-6-3)76-70(73)64-61-58-55-52-49-46-44-42-39-29-27-25-23-20-17-14-11-8-5-2/h15,18,25,27,67H,4-14,16-17,19-24,26,28-66H2,1-3H3/b18-15-,27-25-. The Morgan fingerprint density at radius 1 is 0.250 bits per heavy atom. The van der Waals surface area contributed by atoms with E-state index in [0.29, 0.717) is 19.3 Å². The maximum Gasteiger partial charge on any atom is 0.306 e. The predicted molar refractivity (Wildman–Crippen MR) is 330 cm³/mol. The zero-order valence-corrected chi connectivity index (χ0v) is 51.6. The van der Waals surface area contributed by atoms with Crippen LogP contribution < -0.4 is 0 Å². The highest BCUT2D eigenvalue weighted by Crippen LogP contribution is 2.19. The maximum atomic E-state index is 12.9. The molecule has 0 aliphatic heterocycles. The third kappa shape index (κ3) is 62.7. The Labute approximate surface area is 474 Å². The van der Waals surface area contributed by atoms with Gasteiger partial charge in [0.1, 0.15) is 13.2 Å². The molecular weight excluding hydrogens is 937 g/mol. The highest BCUT2D eigenvalue weighted by atomic mass is 16.6.